The lowest BCUT2D eigenvalue weighted by molar-refractivity contribution is 0.129. The molecule has 2 N–H and O–H groups in total. The number of aromatic hydroxyl groups is 1. The molecule has 5 rings (SSSR count). The molecule has 1 aliphatic heterocycles. The first-order valence-corrected chi connectivity index (χ1v) is 12.3. The van der Waals surface area contributed by atoms with Crippen molar-refractivity contribution in [3.63, 3.8) is 0 Å². The van der Waals surface area contributed by atoms with E-state index in [0.29, 0.717) is 24.7 Å². The number of phenols is 1. The fourth-order valence-electron chi connectivity index (χ4n) is 4.69. The lowest BCUT2D eigenvalue weighted by Crippen LogP contribution is -2.46. The summed E-state index contributed by atoms with van der Waals surface area (Å²) >= 11 is 6.26. The molecule has 1 aromatic heterocycles. The highest BCUT2D eigenvalue weighted by molar-refractivity contribution is 6.31. The van der Waals surface area contributed by atoms with E-state index in [-0.39, 0.29) is 5.75 Å². The number of hydrogen-bond acceptors (Lipinski definition) is 8. The monoisotopic (exact) mass is 505 g/mol. The Morgan fingerprint density at radius 2 is 1.81 bits per heavy atom. The van der Waals surface area contributed by atoms with Crippen LogP contribution in [-0.2, 0) is 6.54 Å². The second kappa shape index (κ2) is 10.7. The summed E-state index contributed by atoms with van der Waals surface area (Å²) in [5.74, 6) is 1.01. The van der Waals surface area contributed by atoms with Crippen LogP contribution in [0.2, 0.25) is 5.02 Å². The standard InChI is InChI=1S/C27H28ClN5O3/c1-36-21-4-6-24-23(16-21)27(22-5-2-19(28)15-25(22)31-24)30-20-3-7-26(34)18(14-20)17-33-12-10-32(11-13-33)9-8-29-35/h2-7,14-16,34H,8-13,17H2,1H3,(H,30,31). The van der Waals surface area contributed by atoms with E-state index in [1.807, 2.05) is 48.5 Å². The summed E-state index contributed by atoms with van der Waals surface area (Å²) < 4.78 is 5.47. The molecule has 0 amide bonds. The maximum absolute atomic E-state index is 10.6. The van der Waals surface area contributed by atoms with E-state index in [1.165, 1.54) is 0 Å². The number of piperazine rings is 1. The number of benzene rings is 3. The number of ether oxygens (including phenoxy) is 1. The predicted molar refractivity (Wildman–Crippen MR) is 145 cm³/mol. The van der Waals surface area contributed by atoms with Crippen LogP contribution in [0.3, 0.4) is 0 Å². The number of rotatable bonds is 8. The molecule has 186 valence electrons. The van der Waals surface area contributed by atoms with Crippen LogP contribution >= 0.6 is 11.6 Å². The predicted octanol–water partition coefficient (Wildman–Crippen LogP) is 5.38. The van der Waals surface area contributed by atoms with Crippen LogP contribution in [0.1, 0.15) is 5.56 Å². The van der Waals surface area contributed by atoms with Crippen molar-refractivity contribution >= 4 is 44.8 Å². The zero-order valence-electron chi connectivity index (χ0n) is 20.1. The highest BCUT2D eigenvalue weighted by Crippen LogP contribution is 2.36. The minimum atomic E-state index is 0.269. The Hall–Kier alpha value is -3.46. The van der Waals surface area contributed by atoms with Crippen molar-refractivity contribution in [2.24, 2.45) is 5.18 Å². The summed E-state index contributed by atoms with van der Waals surface area (Å²) in [4.78, 5) is 19.8. The molecule has 4 aromatic rings. The lowest BCUT2D eigenvalue weighted by atomic mass is 10.1. The third kappa shape index (κ3) is 5.21. The molecule has 0 spiro atoms. The number of nitroso groups, excluding NO2 is 1. The average Bonchev–Trinajstić information content (AvgIpc) is 2.89. The van der Waals surface area contributed by atoms with Crippen LogP contribution in [0.5, 0.6) is 11.5 Å². The number of halogens is 1. The Morgan fingerprint density at radius 1 is 1.00 bits per heavy atom. The first kappa shape index (κ1) is 24.2. The number of nitrogens with one attached hydrogen (secondary N) is 1. The molecule has 36 heavy (non-hydrogen) atoms. The van der Waals surface area contributed by atoms with E-state index in [0.717, 1.165) is 70.7 Å². The van der Waals surface area contributed by atoms with Crippen molar-refractivity contribution in [3.05, 3.63) is 70.1 Å². The van der Waals surface area contributed by atoms with Crippen LogP contribution in [0, 0.1) is 4.91 Å². The van der Waals surface area contributed by atoms with Crippen molar-refractivity contribution in [2.45, 2.75) is 6.54 Å². The smallest absolute Gasteiger partial charge is 0.120 e. The Bertz CT molecular complexity index is 1410. The fourth-order valence-corrected chi connectivity index (χ4v) is 4.85. The van der Waals surface area contributed by atoms with E-state index in [4.69, 9.17) is 21.3 Å². The topological polar surface area (TPSA) is 90.3 Å². The number of pyridine rings is 1. The van der Waals surface area contributed by atoms with Crippen molar-refractivity contribution < 1.29 is 9.84 Å². The molecule has 9 heteroatoms. The largest absolute Gasteiger partial charge is 0.508 e. The number of aromatic nitrogens is 1. The van der Waals surface area contributed by atoms with Gasteiger partial charge in [-0.05, 0) is 54.6 Å². The normalized spacial score (nSPS) is 14.8. The van der Waals surface area contributed by atoms with Crippen LogP contribution in [0.15, 0.2) is 59.8 Å². The summed E-state index contributed by atoms with van der Waals surface area (Å²) in [6.07, 6.45) is 0. The van der Waals surface area contributed by atoms with Crippen molar-refractivity contribution in [2.75, 3.05) is 51.7 Å². The van der Waals surface area contributed by atoms with Gasteiger partial charge in [-0.2, -0.15) is 4.91 Å². The first-order chi connectivity index (χ1) is 17.5. The molecule has 0 bridgehead atoms. The average molecular weight is 506 g/mol. The Labute approximate surface area is 214 Å². The molecule has 0 unspecified atom stereocenters. The van der Waals surface area contributed by atoms with Gasteiger partial charge in [0.15, 0.2) is 0 Å². The van der Waals surface area contributed by atoms with E-state index in [1.54, 1.807) is 13.2 Å². The van der Waals surface area contributed by atoms with Crippen LogP contribution < -0.4 is 10.1 Å². The minimum absolute atomic E-state index is 0.269. The van der Waals surface area contributed by atoms with Gasteiger partial charge in [0.2, 0.25) is 0 Å². The van der Waals surface area contributed by atoms with E-state index < -0.39 is 0 Å². The fraction of sp³-hybridized carbons (Fsp3) is 0.296. The molecule has 0 atom stereocenters. The Balaban J connectivity index is 1.44. The first-order valence-electron chi connectivity index (χ1n) is 11.9. The number of phenolic OH excluding ortho intramolecular Hbond substituents is 1. The highest BCUT2D eigenvalue weighted by atomic mass is 35.5. The van der Waals surface area contributed by atoms with Gasteiger partial charge in [0, 0.05) is 66.3 Å². The number of methoxy groups -OCH3 is 1. The zero-order chi connectivity index (χ0) is 25.1. The summed E-state index contributed by atoms with van der Waals surface area (Å²) in [5, 5.41) is 19.6. The molecule has 2 heterocycles. The second-order valence-corrected chi connectivity index (χ2v) is 9.41. The summed E-state index contributed by atoms with van der Waals surface area (Å²) in [6, 6.07) is 17.1. The SMILES string of the molecule is COc1ccc2nc3cc(Cl)ccc3c(Nc3ccc(O)c(CN4CCN(CCN=O)CC4)c3)c2c1. The molecule has 0 aliphatic carbocycles. The molecule has 3 aromatic carbocycles. The van der Waals surface area contributed by atoms with Gasteiger partial charge in [-0.3, -0.25) is 9.80 Å². The molecule has 1 saturated heterocycles. The van der Waals surface area contributed by atoms with Crippen LogP contribution in [-0.4, -0.2) is 66.3 Å². The van der Waals surface area contributed by atoms with Gasteiger partial charge in [-0.1, -0.05) is 16.8 Å². The molecule has 0 radical (unpaired) electrons. The van der Waals surface area contributed by atoms with Gasteiger partial charge in [-0.25, -0.2) is 4.98 Å². The maximum Gasteiger partial charge on any atom is 0.120 e. The third-order valence-corrected chi connectivity index (χ3v) is 6.89. The van der Waals surface area contributed by atoms with Crippen molar-refractivity contribution in [1.29, 1.82) is 0 Å². The number of nitrogens with zero attached hydrogens (tertiary/aromatic N) is 4. The van der Waals surface area contributed by atoms with Crippen molar-refractivity contribution in [3.8, 4) is 11.5 Å². The van der Waals surface area contributed by atoms with Crippen molar-refractivity contribution in [1.82, 2.24) is 14.8 Å². The number of anilines is 2. The Morgan fingerprint density at radius 3 is 2.58 bits per heavy atom. The van der Waals surface area contributed by atoms with Gasteiger partial charge >= 0.3 is 0 Å². The molecule has 1 fully saturated rings. The van der Waals surface area contributed by atoms with E-state index >= 15 is 0 Å². The molecule has 0 saturated carbocycles. The van der Waals surface area contributed by atoms with Gasteiger partial charge < -0.3 is 15.2 Å². The Kier molecular flexibility index (Phi) is 7.18. The number of hydrogen-bond donors (Lipinski definition) is 2. The van der Waals surface area contributed by atoms with Gasteiger partial charge in [-0.15, -0.1) is 0 Å². The van der Waals surface area contributed by atoms with E-state index in [9.17, 15) is 10.0 Å². The van der Waals surface area contributed by atoms with Gasteiger partial charge in [0.25, 0.3) is 0 Å². The molecular formula is C27H28ClN5O3. The van der Waals surface area contributed by atoms with Gasteiger partial charge in [0.1, 0.15) is 11.5 Å². The molecule has 8 nitrogen and oxygen atoms in total. The van der Waals surface area contributed by atoms with Crippen LogP contribution in [0.4, 0.5) is 11.4 Å². The lowest BCUT2D eigenvalue weighted by Gasteiger charge is -2.34. The van der Waals surface area contributed by atoms with E-state index in [2.05, 4.69) is 20.3 Å². The minimum Gasteiger partial charge on any atom is -0.508 e. The maximum atomic E-state index is 10.6. The third-order valence-electron chi connectivity index (χ3n) is 6.66. The zero-order valence-corrected chi connectivity index (χ0v) is 20.8. The second-order valence-electron chi connectivity index (χ2n) is 8.97. The molecular weight excluding hydrogens is 478 g/mol. The summed E-state index contributed by atoms with van der Waals surface area (Å²) in [6.45, 7) is 5.17. The summed E-state index contributed by atoms with van der Waals surface area (Å²) in [5.41, 5.74) is 4.25. The van der Waals surface area contributed by atoms with Crippen LogP contribution in [0.25, 0.3) is 21.8 Å². The van der Waals surface area contributed by atoms with Gasteiger partial charge in [0.05, 0.1) is 30.4 Å². The number of fused-ring (bicyclic) bond motifs is 2. The highest BCUT2D eigenvalue weighted by Gasteiger charge is 2.18. The summed E-state index contributed by atoms with van der Waals surface area (Å²) in [7, 11) is 1.65. The quantitative estimate of drug-likeness (QED) is 0.189. The molecule has 1 aliphatic rings.